The maximum atomic E-state index is 13.4. The highest BCUT2D eigenvalue weighted by Crippen LogP contribution is 2.36. The van der Waals surface area contributed by atoms with E-state index < -0.39 is 0 Å². The molecule has 0 aliphatic carbocycles. The molecule has 3 aromatic rings. The second-order valence-electron chi connectivity index (χ2n) is 7.88. The van der Waals surface area contributed by atoms with Crippen LogP contribution < -0.4 is 5.56 Å². The van der Waals surface area contributed by atoms with Crippen molar-refractivity contribution in [3.05, 3.63) is 45.3 Å². The van der Waals surface area contributed by atoms with Crippen LogP contribution in [-0.4, -0.2) is 38.7 Å². The van der Waals surface area contributed by atoms with Crippen LogP contribution in [0.15, 0.2) is 34.2 Å². The van der Waals surface area contributed by atoms with Gasteiger partial charge in [0.05, 0.1) is 11.1 Å². The summed E-state index contributed by atoms with van der Waals surface area (Å²) in [5, 5.41) is 1.14. The second kappa shape index (κ2) is 9.12. The number of carbonyl (C=O) groups is 1. The maximum absolute atomic E-state index is 13.4. The molecule has 0 bridgehead atoms. The maximum Gasteiger partial charge on any atom is 0.263 e. The molecule has 0 N–H and O–H groups in total. The van der Waals surface area contributed by atoms with Gasteiger partial charge in [-0.1, -0.05) is 23.9 Å². The molecule has 31 heavy (non-hydrogen) atoms. The zero-order valence-electron chi connectivity index (χ0n) is 18.0. The van der Waals surface area contributed by atoms with Gasteiger partial charge in [-0.2, -0.15) is 0 Å². The van der Waals surface area contributed by atoms with E-state index in [1.54, 1.807) is 16.7 Å². The lowest BCUT2D eigenvalue weighted by Gasteiger charge is -2.33. The summed E-state index contributed by atoms with van der Waals surface area (Å²) < 4.78 is 15.0. The van der Waals surface area contributed by atoms with Crippen molar-refractivity contribution in [3.63, 3.8) is 0 Å². The molecule has 1 amide bonds. The molecule has 0 radical (unpaired) electrons. The number of amides is 1. The van der Waals surface area contributed by atoms with Gasteiger partial charge in [-0.15, -0.1) is 11.3 Å². The van der Waals surface area contributed by atoms with Crippen molar-refractivity contribution in [1.82, 2.24) is 14.5 Å². The van der Waals surface area contributed by atoms with Crippen molar-refractivity contribution in [2.24, 2.45) is 0 Å². The molecule has 0 spiro atoms. The number of hydrogen-bond donors (Lipinski definition) is 0. The van der Waals surface area contributed by atoms with Crippen molar-refractivity contribution >= 4 is 39.2 Å². The number of aryl methyl sites for hydroxylation is 1. The number of hydrogen-bond acceptors (Lipinski definition) is 5. The number of thiophene rings is 1. The number of likely N-dealkylation sites (tertiary alicyclic amines) is 1. The quantitative estimate of drug-likeness (QED) is 0.394. The van der Waals surface area contributed by atoms with Crippen molar-refractivity contribution in [1.29, 1.82) is 0 Å². The molecule has 1 atom stereocenters. The Morgan fingerprint density at radius 2 is 2.03 bits per heavy atom. The summed E-state index contributed by atoms with van der Waals surface area (Å²) in [4.78, 5) is 34.5. The summed E-state index contributed by atoms with van der Waals surface area (Å²) in [6, 6.07) is 6.47. The summed E-state index contributed by atoms with van der Waals surface area (Å²) in [5.41, 5.74) is 1.51. The van der Waals surface area contributed by atoms with Crippen LogP contribution in [0, 0.1) is 12.7 Å². The molecule has 8 heteroatoms. The van der Waals surface area contributed by atoms with Gasteiger partial charge in [0.2, 0.25) is 5.91 Å². The minimum atomic E-state index is -0.309. The third-order valence-electron chi connectivity index (χ3n) is 5.85. The number of nitrogens with zero attached hydrogens (tertiary/aromatic N) is 3. The van der Waals surface area contributed by atoms with E-state index in [1.165, 1.54) is 41.7 Å². The Kier molecular flexibility index (Phi) is 6.48. The fourth-order valence-corrected chi connectivity index (χ4v) is 6.24. The fraction of sp³-hybridized carbons (Fsp3) is 0.435. The van der Waals surface area contributed by atoms with Gasteiger partial charge in [0.15, 0.2) is 5.16 Å². The number of fused-ring (bicyclic) bond motifs is 1. The topological polar surface area (TPSA) is 55.2 Å². The predicted octanol–water partition coefficient (Wildman–Crippen LogP) is 5.09. The molecule has 2 aromatic heterocycles. The smallest absolute Gasteiger partial charge is 0.263 e. The van der Waals surface area contributed by atoms with Crippen LogP contribution in [0.2, 0.25) is 0 Å². The highest BCUT2D eigenvalue weighted by molar-refractivity contribution is 7.99. The van der Waals surface area contributed by atoms with E-state index in [9.17, 15) is 14.0 Å². The van der Waals surface area contributed by atoms with E-state index >= 15 is 0 Å². The van der Waals surface area contributed by atoms with E-state index in [0.29, 0.717) is 21.9 Å². The van der Waals surface area contributed by atoms with Gasteiger partial charge < -0.3 is 4.90 Å². The Labute approximate surface area is 189 Å². The average molecular weight is 460 g/mol. The van der Waals surface area contributed by atoms with Crippen LogP contribution >= 0.6 is 23.1 Å². The molecule has 1 aliphatic rings. The lowest BCUT2D eigenvalue weighted by molar-refractivity contribution is -0.131. The van der Waals surface area contributed by atoms with Crippen molar-refractivity contribution in [3.8, 4) is 11.1 Å². The lowest BCUT2D eigenvalue weighted by Crippen LogP contribution is -2.43. The lowest BCUT2D eigenvalue weighted by atomic mass is 10.0. The van der Waals surface area contributed by atoms with E-state index in [4.69, 9.17) is 4.98 Å². The second-order valence-corrected chi connectivity index (χ2v) is 10.0. The van der Waals surface area contributed by atoms with Crippen molar-refractivity contribution < 1.29 is 9.18 Å². The van der Waals surface area contributed by atoms with Crippen molar-refractivity contribution in [2.45, 2.75) is 57.8 Å². The third kappa shape index (κ3) is 4.28. The molecule has 164 valence electrons. The molecule has 1 fully saturated rings. The molecule has 1 saturated heterocycles. The molecular weight excluding hydrogens is 433 g/mol. The number of piperidine rings is 1. The largest absolute Gasteiger partial charge is 0.339 e. The number of carbonyl (C=O) groups excluding carboxylic acids is 1. The summed E-state index contributed by atoms with van der Waals surface area (Å²) in [6.45, 7) is 7.23. The van der Waals surface area contributed by atoms with E-state index in [0.717, 1.165) is 35.4 Å². The molecule has 0 saturated carbocycles. The number of benzene rings is 1. The zero-order chi connectivity index (χ0) is 22.1. The SMILES string of the molecule is CCn1c(SCC(=O)N2CCCCC2C)nc2sc(C)c(-c3ccc(F)cc3)c2c1=O. The number of rotatable bonds is 5. The molecule has 1 aromatic carbocycles. The van der Waals surface area contributed by atoms with Gasteiger partial charge >= 0.3 is 0 Å². The summed E-state index contributed by atoms with van der Waals surface area (Å²) in [7, 11) is 0. The Morgan fingerprint density at radius 1 is 1.29 bits per heavy atom. The summed E-state index contributed by atoms with van der Waals surface area (Å²) in [6.07, 6.45) is 3.26. The Bertz CT molecular complexity index is 1170. The molecule has 5 nitrogen and oxygen atoms in total. The predicted molar refractivity (Wildman–Crippen MR) is 125 cm³/mol. The van der Waals surface area contributed by atoms with Gasteiger partial charge in [0.25, 0.3) is 5.56 Å². The normalized spacial score (nSPS) is 16.8. The van der Waals surface area contributed by atoms with Gasteiger partial charge in [-0.3, -0.25) is 14.2 Å². The van der Waals surface area contributed by atoms with Crippen LogP contribution in [0.25, 0.3) is 21.3 Å². The van der Waals surface area contributed by atoms with Crippen LogP contribution in [0.3, 0.4) is 0 Å². The zero-order valence-corrected chi connectivity index (χ0v) is 19.6. The van der Waals surface area contributed by atoms with E-state index in [2.05, 4.69) is 6.92 Å². The monoisotopic (exact) mass is 459 g/mol. The fourth-order valence-electron chi connectivity index (χ4n) is 4.21. The molecular formula is C23H26FN3O2S2. The molecule has 1 unspecified atom stereocenters. The Balaban J connectivity index is 1.69. The first-order valence-electron chi connectivity index (χ1n) is 10.6. The third-order valence-corrected chi connectivity index (χ3v) is 7.81. The van der Waals surface area contributed by atoms with E-state index in [1.807, 2.05) is 18.7 Å². The number of aromatic nitrogens is 2. The highest BCUT2D eigenvalue weighted by atomic mass is 32.2. The molecule has 3 heterocycles. The van der Waals surface area contributed by atoms with Gasteiger partial charge in [0, 0.05) is 29.6 Å². The van der Waals surface area contributed by atoms with Gasteiger partial charge in [-0.25, -0.2) is 9.37 Å². The summed E-state index contributed by atoms with van der Waals surface area (Å²) >= 11 is 2.80. The number of thioether (sulfide) groups is 1. The minimum absolute atomic E-state index is 0.101. The van der Waals surface area contributed by atoms with Crippen LogP contribution in [-0.2, 0) is 11.3 Å². The van der Waals surface area contributed by atoms with Gasteiger partial charge in [0.1, 0.15) is 10.6 Å². The Morgan fingerprint density at radius 3 is 2.71 bits per heavy atom. The first-order valence-corrected chi connectivity index (χ1v) is 12.4. The van der Waals surface area contributed by atoms with E-state index in [-0.39, 0.29) is 29.1 Å². The first-order chi connectivity index (χ1) is 14.9. The summed E-state index contributed by atoms with van der Waals surface area (Å²) in [5.74, 6) is 0.0669. The standard InChI is InChI=1S/C23H26FN3O2S2/c1-4-26-22(29)20-19(16-8-10-17(24)11-9-16)15(3)31-21(20)25-23(26)30-13-18(28)27-12-6-5-7-14(27)2/h8-11,14H,4-7,12-13H2,1-3H3. The van der Waals surface area contributed by atoms with Gasteiger partial charge in [-0.05, 0) is 57.7 Å². The Hall–Kier alpha value is -2.19. The average Bonchev–Trinajstić information content (AvgIpc) is 3.09. The highest BCUT2D eigenvalue weighted by Gasteiger charge is 2.24. The molecule has 4 rings (SSSR count). The van der Waals surface area contributed by atoms with Crippen molar-refractivity contribution in [2.75, 3.05) is 12.3 Å². The minimum Gasteiger partial charge on any atom is -0.339 e. The van der Waals surface area contributed by atoms with Crippen LogP contribution in [0.1, 0.15) is 38.0 Å². The number of halogens is 1. The van der Waals surface area contributed by atoms with Crippen LogP contribution in [0.5, 0.6) is 0 Å². The molecule has 1 aliphatic heterocycles. The first kappa shape index (κ1) is 22.0. The van der Waals surface area contributed by atoms with Crippen LogP contribution in [0.4, 0.5) is 4.39 Å².